The Kier molecular flexibility index (Phi) is 8.37. The predicted molar refractivity (Wildman–Crippen MR) is 142 cm³/mol. The van der Waals surface area contributed by atoms with Crippen molar-refractivity contribution in [3.8, 4) is 0 Å². The minimum atomic E-state index is -0.824. The molecule has 1 fully saturated rings. The van der Waals surface area contributed by atoms with Crippen LogP contribution in [0, 0.1) is 5.92 Å². The molecule has 5 heterocycles. The molecule has 0 saturated carbocycles. The van der Waals surface area contributed by atoms with Crippen molar-refractivity contribution < 1.29 is 19.4 Å². The number of pyridine rings is 2. The molecule has 8 nitrogen and oxygen atoms in total. The van der Waals surface area contributed by atoms with Crippen molar-refractivity contribution in [2.75, 3.05) is 31.6 Å². The first-order valence-electron chi connectivity index (χ1n) is 13.9. The summed E-state index contributed by atoms with van der Waals surface area (Å²) in [6.45, 7) is 7.82. The lowest BCUT2D eigenvalue weighted by atomic mass is 9.88. The van der Waals surface area contributed by atoms with Crippen LogP contribution >= 0.6 is 0 Å². The molecule has 2 N–H and O–H groups in total. The lowest BCUT2D eigenvalue weighted by Crippen LogP contribution is -2.36. The van der Waals surface area contributed by atoms with Crippen molar-refractivity contribution >= 4 is 11.8 Å². The first-order chi connectivity index (χ1) is 18.0. The van der Waals surface area contributed by atoms with Crippen molar-refractivity contribution in [1.82, 2.24) is 14.9 Å². The molecule has 1 unspecified atom stereocenters. The summed E-state index contributed by atoms with van der Waals surface area (Å²) >= 11 is 0. The summed E-state index contributed by atoms with van der Waals surface area (Å²) in [6.07, 6.45) is 10.6. The molecule has 3 aliphatic heterocycles. The maximum atomic E-state index is 12.5. The molecule has 0 aromatic carbocycles. The first kappa shape index (κ1) is 26.1. The van der Waals surface area contributed by atoms with Gasteiger partial charge in [-0.2, -0.15) is 0 Å². The SMILES string of the molecule is CC(C)C1Cc2c(cncc2[C@@H](C(=O)O)N2CC[C@@H](OCCCCc3ccc4c(n3)NCCC4)C2)CO1. The van der Waals surface area contributed by atoms with Gasteiger partial charge in [0.15, 0.2) is 0 Å². The smallest absolute Gasteiger partial charge is 0.325 e. The van der Waals surface area contributed by atoms with Gasteiger partial charge in [-0.1, -0.05) is 19.9 Å². The lowest BCUT2D eigenvalue weighted by molar-refractivity contribution is -0.143. The Morgan fingerprint density at radius 2 is 2.16 bits per heavy atom. The Morgan fingerprint density at radius 1 is 1.27 bits per heavy atom. The zero-order valence-corrected chi connectivity index (χ0v) is 22.1. The van der Waals surface area contributed by atoms with E-state index in [2.05, 4.69) is 36.3 Å². The second-order valence-corrected chi connectivity index (χ2v) is 11.0. The Hall–Kier alpha value is -2.55. The topological polar surface area (TPSA) is 96.8 Å². The second kappa shape index (κ2) is 11.9. The van der Waals surface area contributed by atoms with Gasteiger partial charge in [-0.3, -0.25) is 14.7 Å². The molecule has 37 heavy (non-hydrogen) atoms. The van der Waals surface area contributed by atoms with Crippen LogP contribution in [0.3, 0.4) is 0 Å². The maximum absolute atomic E-state index is 12.5. The van der Waals surface area contributed by atoms with Gasteiger partial charge in [-0.25, -0.2) is 4.98 Å². The Morgan fingerprint density at radius 3 is 3.00 bits per heavy atom. The Balaban J connectivity index is 1.13. The molecule has 0 bridgehead atoms. The van der Waals surface area contributed by atoms with Crippen molar-refractivity contribution in [3.63, 3.8) is 0 Å². The summed E-state index contributed by atoms with van der Waals surface area (Å²) in [5.41, 5.74) is 5.38. The van der Waals surface area contributed by atoms with Gasteiger partial charge in [0.25, 0.3) is 0 Å². The van der Waals surface area contributed by atoms with Crippen LogP contribution < -0.4 is 5.32 Å². The molecule has 1 saturated heterocycles. The molecule has 200 valence electrons. The van der Waals surface area contributed by atoms with Gasteiger partial charge >= 0.3 is 5.97 Å². The number of nitrogens with zero attached hydrogens (tertiary/aromatic N) is 3. The second-order valence-electron chi connectivity index (χ2n) is 11.0. The number of carboxylic acids is 1. The van der Waals surface area contributed by atoms with Crippen LogP contribution in [0.15, 0.2) is 24.5 Å². The van der Waals surface area contributed by atoms with Gasteiger partial charge in [-0.05, 0) is 73.6 Å². The minimum Gasteiger partial charge on any atom is -0.480 e. The molecule has 2 aromatic rings. The van der Waals surface area contributed by atoms with E-state index in [4.69, 9.17) is 14.5 Å². The van der Waals surface area contributed by atoms with Crippen LogP contribution in [0.25, 0.3) is 0 Å². The van der Waals surface area contributed by atoms with E-state index in [1.807, 2.05) is 11.1 Å². The number of ether oxygens (including phenoxy) is 2. The maximum Gasteiger partial charge on any atom is 0.325 e. The average Bonchev–Trinajstić information content (AvgIpc) is 3.36. The zero-order valence-electron chi connectivity index (χ0n) is 22.1. The van der Waals surface area contributed by atoms with Crippen LogP contribution in [0.4, 0.5) is 5.82 Å². The van der Waals surface area contributed by atoms with Gasteiger partial charge in [0.2, 0.25) is 0 Å². The molecule has 2 aromatic heterocycles. The number of hydrogen-bond acceptors (Lipinski definition) is 7. The van der Waals surface area contributed by atoms with E-state index in [9.17, 15) is 9.90 Å². The highest BCUT2D eigenvalue weighted by molar-refractivity contribution is 5.76. The predicted octanol–water partition coefficient (Wildman–Crippen LogP) is 4.17. The molecule has 0 aliphatic carbocycles. The number of fused-ring (bicyclic) bond motifs is 2. The first-order valence-corrected chi connectivity index (χ1v) is 13.9. The molecule has 0 spiro atoms. The Labute approximate surface area is 219 Å². The van der Waals surface area contributed by atoms with Gasteiger partial charge in [0.1, 0.15) is 11.9 Å². The summed E-state index contributed by atoms with van der Waals surface area (Å²) in [5.74, 6) is 0.610. The third-order valence-corrected chi connectivity index (χ3v) is 7.98. The van der Waals surface area contributed by atoms with E-state index in [0.29, 0.717) is 32.2 Å². The monoisotopic (exact) mass is 508 g/mol. The number of likely N-dealkylation sites (tertiary alicyclic amines) is 1. The highest BCUT2D eigenvalue weighted by Gasteiger charge is 2.37. The van der Waals surface area contributed by atoms with Crippen molar-refractivity contribution in [1.29, 1.82) is 0 Å². The van der Waals surface area contributed by atoms with Crippen LogP contribution in [-0.2, 0) is 40.1 Å². The van der Waals surface area contributed by atoms with Gasteiger partial charge < -0.3 is 19.9 Å². The highest BCUT2D eigenvalue weighted by Crippen LogP contribution is 2.34. The van der Waals surface area contributed by atoms with Gasteiger partial charge in [0.05, 0.1) is 18.8 Å². The molecule has 8 heteroatoms. The standard InChI is InChI=1S/C29H40N4O4/c1-19(2)26-14-24-21(18-37-26)15-30-16-25(24)27(29(34)35)33-12-10-23(17-33)36-13-4-3-7-22-9-8-20-6-5-11-31-28(20)32-22/h8-9,15-16,19,23,26-27H,3-7,10-14,17-18H2,1-2H3,(H,31,32)(H,34,35)/t23-,26?,27+/m1/s1. The average molecular weight is 509 g/mol. The molecular weight excluding hydrogens is 468 g/mol. The number of hydrogen-bond donors (Lipinski definition) is 2. The van der Waals surface area contributed by atoms with E-state index in [-0.39, 0.29) is 12.2 Å². The number of aliphatic carboxylic acids is 1. The Bertz CT molecular complexity index is 1090. The quantitative estimate of drug-likeness (QED) is 0.462. The lowest BCUT2D eigenvalue weighted by Gasteiger charge is -2.32. The van der Waals surface area contributed by atoms with Crippen LogP contribution in [0.5, 0.6) is 0 Å². The number of rotatable bonds is 10. The molecular formula is C29H40N4O4. The van der Waals surface area contributed by atoms with Crippen molar-refractivity contribution in [2.24, 2.45) is 5.92 Å². The molecule has 0 radical (unpaired) electrons. The van der Waals surface area contributed by atoms with Gasteiger partial charge in [-0.15, -0.1) is 0 Å². The molecule has 0 amide bonds. The number of carboxylic acid groups (broad SMARTS) is 1. The van der Waals surface area contributed by atoms with Crippen LogP contribution in [0.2, 0.25) is 0 Å². The van der Waals surface area contributed by atoms with Gasteiger partial charge in [0, 0.05) is 49.9 Å². The van der Waals surface area contributed by atoms with E-state index in [0.717, 1.165) is 73.3 Å². The van der Waals surface area contributed by atoms with E-state index >= 15 is 0 Å². The number of aromatic nitrogens is 2. The molecule has 3 atom stereocenters. The largest absolute Gasteiger partial charge is 0.480 e. The summed E-state index contributed by atoms with van der Waals surface area (Å²) in [5, 5.41) is 13.6. The van der Waals surface area contributed by atoms with E-state index in [1.165, 1.54) is 12.0 Å². The number of carbonyl (C=O) groups is 1. The fraction of sp³-hybridized carbons (Fsp3) is 0.621. The highest BCUT2D eigenvalue weighted by atomic mass is 16.5. The van der Waals surface area contributed by atoms with Crippen LogP contribution in [0.1, 0.15) is 73.5 Å². The molecule has 3 aliphatic rings. The number of aryl methyl sites for hydroxylation is 2. The fourth-order valence-corrected chi connectivity index (χ4v) is 5.82. The number of nitrogens with one attached hydrogen (secondary N) is 1. The third kappa shape index (κ3) is 6.13. The summed E-state index contributed by atoms with van der Waals surface area (Å²) in [7, 11) is 0. The normalized spacial score (nSPS) is 22.4. The fourth-order valence-electron chi connectivity index (χ4n) is 5.82. The van der Waals surface area contributed by atoms with E-state index in [1.54, 1.807) is 6.20 Å². The van der Waals surface area contributed by atoms with Crippen LogP contribution in [-0.4, -0.2) is 64.4 Å². The third-order valence-electron chi connectivity index (χ3n) is 7.98. The minimum absolute atomic E-state index is 0.0622. The summed E-state index contributed by atoms with van der Waals surface area (Å²) < 4.78 is 12.2. The number of anilines is 1. The summed E-state index contributed by atoms with van der Waals surface area (Å²) in [6, 6.07) is 3.66. The van der Waals surface area contributed by atoms with Crippen molar-refractivity contribution in [3.05, 3.63) is 52.5 Å². The summed E-state index contributed by atoms with van der Waals surface area (Å²) in [4.78, 5) is 23.7. The number of unbranched alkanes of at least 4 members (excludes halogenated alkanes) is 1. The zero-order chi connectivity index (χ0) is 25.8. The van der Waals surface area contributed by atoms with Crippen molar-refractivity contribution in [2.45, 2.75) is 83.6 Å². The molecule has 5 rings (SSSR count). The van der Waals surface area contributed by atoms with E-state index < -0.39 is 12.0 Å².